The maximum absolute atomic E-state index is 13.5. The number of aliphatic carboxylic acids is 1. The van der Waals surface area contributed by atoms with E-state index in [-0.39, 0.29) is 22.0 Å². The van der Waals surface area contributed by atoms with Crippen LogP contribution in [0.4, 0.5) is 4.39 Å². The van der Waals surface area contributed by atoms with Crippen molar-refractivity contribution < 1.29 is 22.7 Å². The fourth-order valence-electron chi connectivity index (χ4n) is 2.74. The molecule has 0 amide bonds. The maximum Gasteiger partial charge on any atom is 0.308 e. The molecule has 1 saturated heterocycles. The Morgan fingerprint density at radius 2 is 2.09 bits per heavy atom. The molecule has 0 spiro atoms. The van der Waals surface area contributed by atoms with Crippen LogP contribution in [0.25, 0.3) is 0 Å². The SMILES string of the molecule is Cc1cc(S(=O)(=O)N2CCC[C@@H](C(=O)O)[C@H]2C)c(Cl)cc1F. The van der Waals surface area contributed by atoms with Gasteiger partial charge in [0.2, 0.25) is 10.0 Å². The summed E-state index contributed by atoms with van der Waals surface area (Å²) in [6.45, 7) is 3.24. The first-order valence-corrected chi connectivity index (χ1v) is 8.68. The molecule has 1 aliphatic heterocycles. The van der Waals surface area contributed by atoms with E-state index in [9.17, 15) is 22.7 Å². The topological polar surface area (TPSA) is 74.7 Å². The van der Waals surface area contributed by atoms with Crippen molar-refractivity contribution in [1.82, 2.24) is 4.31 Å². The average molecular weight is 350 g/mol. The zero-order valence-electron chi connectivity index (χ0n) is 12.2. The van der Waals surface area contributed by atoms with Gasteiger partial charge >= 0.3 is 5.97 Å². The highest BCUT2D eigenvalue weighted by molar-refractivity contribution is 7.89. The lowest BCUT2D eigenvalue weighted by molar-refractivity contribution is -0.144. The summed E-state index contributed by atoms with van der Waals surface area (Å²) in [5.74, 6) is -2.36. The number of sulfonamides is 1. The lowest BCUT2D eigenvalue weighted by atomic mass is 9.92. The van der Waals surface area contributed by atoms with Gasteiger partial charge in [0, 0.05) is 12.6 Å². The number of aryl methyl sites for hydroxylation is 1. The summed E-state index contributed by atoms with van der Waals surface area (Å²) in [4.78, 5) is 11.1. The number of hydrogen-bond acceptors (Lipinski definition) is 3. The van der Waals surface area contributed by atoms with Gasteiger partial charge < -0.3 is 5.11 Å². The fourth-order valence-corrected chi connectivity index (χ4v) is 5.02. The zero-order chi connectivity index (χ0) is 16.7. The van der Waals surface area contributed by atoms with Crippen LogP contribution in [0, 0.1) is 18.7 Å². The molecule has 1 aromatic carbocycles. The van der Waals surface area contributed by atoms with Crippen LogP contribution in [0.1, 0.15) is 25.3 Å². The molecule has 22 heavy (non-hydrogen) atoms. The van der Waals surface area contributed by atoms with Gasteiger partial charge in [0.25, 0.3) is 0 Å². The molecule has 2 atom stereocenters. The summed E-state index contributed by atoms with van der Waals surface area (Å²) >= 11 is 5.89. The number of hydrogen-bond donors (Lipinski definition) is 1. The van der Waals surface area contributed by atoms with E-state index >= 15 is 0 Å². The molecular formula is C14H17ClFNO4S. The fraction of sp³-hybridized carbons (Fsp3) is 0.500. The van der Waals surface area contributed by atoms with E-state index in [0.717, 1.165) is 10.4 Å². The number of rotatable bonds is 3. The third kappa shape index (κ3) is 2.98. The molecule has 8 heteroatoms. The molecule has 122 valence electrons. The number of carboxylic acid groups (broad SMARTS) is 1. The van der Waals surface area contributed by atoms with Gasteiger partial charge in [0.05, 0.1) is 10.9 Å². The summed E-state index contributed by atoms with van der Waals surface area (Å²) in [6, 6.07) is 1.47. The normalized spacial score (nSPS) is 23.5. The monoisotopic (exact) mass is 349 g/mol. The van der Waals surface area contributed by atoms with Gasteiger partial charge in [-0.3, -0.25) is 4.79 Å². The molecule has 1 fully saturated rings. The predicted octanol–water partition coefficient (Wildman–Crippen LogP) is 2.66. The van der Waals surface area contributed by atoms with E-state index in [0.29, 0.717) is 12.8 Å². The van der Waals surface area contributed by atoms with Crippen LogP contribution in [0.5, 0.6) is 0 Å². The van der Waals surface area contributed by atoms with Crippen molar-refractivity contribution in [2.24, 2.45) is 5.92 Å². The summed E-state index contributed by atoms with van der Waals surface area (Å²) in [5.41, 5.74) is 0.169. The van der Waals surface area contributed by atoms with Crippen LogP contribution in [0.3, 0.4) is 0 Å². The quantitative estimate of drug-likeness (QED) is 0.910. The number of carboxylic acids is 1. The average Bonchev–Trinajstić information content (AvgIpc) is 2.42. The molecule has 5 nitrogen and oxygen atoms in total. The van der Waals surface area contributed by atoms with Gasteiger partial charge in [-0.25, -0.2) is 12.8 Å². The number of benzene rings is 1. The molecule has 0 aromatic heterocycles. The summed E-state index contributed by atoms with van der Waals surface area (Å²) in [7, 11) is -3.98. The van der Waals surface area contributed by atoms with Gasteiger partial charge in [-0.1, -0.05) is 11.6 Å². The first kappa shape index (κ1) is 17.2. The van der Waals surface area contributed by atoms with Gasteiger partial charge in [-0.05, 0) is 44.4 Å². The van der Waals surface area contributed by atoms with Crippen molar-refractivity contribution in [3.05, 3.63) is 28.5 Å². The molecule has 1 heterocycles. The van der Waals surface area contributed by atoms with Crippen LogP contribution in [0.2, 0.25) is 5.02 Å². The molecule has 0 unspecified atom stereocenters. The van der Waals surface area contributed by atoms with Crippen LogP contribution < -0.4 is 0 Å². The van der Waals surface area contributed by atoms with Crippen molar-refractivity contribution >= 4 is 27.6 Å². The number of piperidine rings is 1. The van der Waals surface area contributed by atoms with E-state index in [2.05, 4.69) is 0 Å². The highest BCUT2D eigenvalue weighted by Crippen LogP contribution is 2.33. The molecule has 1 aliphatic rings. The van der Waals surface area contributed by atoms with Crippen LogP contribution in [-0.2, 0) is 14.8 Å². The second-order valence-corrected chi connectivity index (χ2v) is 7.74. The molecule has 2 rings (SSSR count). The third-order valence-corrected chi connectivity index (χ3v) is 6.50. The minimum Gasteiger partial charge on any atom is -0.481 e. The number of nitrogens with zero attached hydrogens (tertiary/aromatic N) is 1. The van der Waals surface area contributed by atoms with E-state index in [4.69, 9.17) is 11.6 Å². The van der Waals surface area contributed by atoms with Crippen LogP contribution in [0.15, 0.2) is 17.0 Å². The first-order valence-electron chi connectivity index (χ1n) is 6.86. The van der Waals surface area contributed by atoms with E-state index in [1.54, 1.807) is 6.92 Å². The zero-order valence-corrected chi connectivity index (χ0v) is 13.8. The predicted molar refractivity (Wildman–Crippen MR) is 79.9 cm³/mol. The Morgan fingerprint density at radius 1 is 1.45 bits per heavy atom. The van der Waals surface area contributed by atoms with E-state index < -0.39 is 33.8 Å². The minimum atomic E-state index is -3.98. The standard InChI is InChI=1S/C14H17ClFNO4S/c1-8-6-13(11(15)7-12(8)16)22(20,21)17-5-3-4-10(9(17)2)14(18)19/h6-7,9-10H,3-5H2,1-2H3,(H,18,19)/t9-,10-/m1/s1. The maximum atomic E-state index is 13.5. The Bertz CT molecular complexity index is 707. The van der Waals surface area contributed by atoms with Gasteiger partial charge in [0.1, 0.15) is 10.7 Å². The molecule has 1 aromatic rings. The third-order valence-electron chi connectivity index (χ3n) is 4.05. The largest absolute Gasteiger partial charge is 0.481 e. The number of carbonyl (C=O) groups is 1. The lowest BCUT2D eigenvalue weighted by Gasteiger charge is -2.36. The Kier molecular flexibility index (Phi) is 4.79. The summed E-state index contributed by atoms with van der Waals surface area (Å²) < 4.78 is 40.2. The van der Waals surface area contributed by atoms with Gasteiger partial charge in [-0.15, -0.1) is 0 Å². The lowest BCUT2D eigenvalue weighted by Crippen LogP contribution is -2.49. The van der Waals surface area contributed by atoms with Crippen molar-refractivity contribution in [3.63, 3.8) is 0 Å². The second-order valence-electron chi connectivity index (χ2n) is 5.48. The summed E-state index contributed by atoms with van der Waals surface area (Å²) in [5, 5.41) is 9.00. The van der Waals surface area contributed by atoms with E-state index in [1.807, 2.05) is 0 Å². The molecule has 0 bridgehead atoms. The van der Waals surface area contributed by atoms with Crippen molar-refractivity contribution in [2.45, 2.75) is 37.6 Å². The van der Waals surface area contributed by atoms with Crippen LogP contribution in [-0.4, -0.2) is 36.4 Å². The Balaban J connectivity index is 2.46. The van der Waals surface area contributed by atoms with Crippen molar-refractivity contribution in [2.75, 3.05) is 6.54 Å². The highest BCUT2D eigenvalue weighted by Gasteiger charge is 2.40. The molecule has 0 aliphatic carbocycles. The van der Waals surface area contributed by atoms with E-state index in [1.165, 1.54) is 13.0 Å². The van der Waals surface area contributed by atoms with Gasteiger partial charge in [0.15, 0.2) is 0 Å². The Hall–Kier alpha value is -1.18. The molecule has 0 saturated carbocycles. The van der Waals surface area contributed by atoms with Gasteiger partial charge in [-0.2, -0.15) is 4.31 Å². The highest BCUT2D eigenvalue weighted by atomic mass is 35.5. The van der Waals surface area contributed by atoms with Crippen LogP contribution >= 0.6 is 11.6 Å². The smallest absolute Gasteiger partial charge is 0.308 e. The minimum absolute atomic E-state index is 0.169. The Morgan fingerprint density at radius 3 is 2.68 bits per heavy atom. The first-order chi connectivity index (χ1) is 10.2. The van der Waals surface area contributed by atoms with Crippen molar-refractivity contribution in [1.29, 1.82) is 0 Å². The molecule has 1 N–H and O–H groups in total. The molecule has 0 radical (unpaired) electrons. The number of halogens is 2. The van der Waals surface area contributed by atoms with Crippen molar-refractivity contribution in [3.8, 4) is 0 Å². The molecular weight excluding hydrogens is 333 g/mol. The second kappa shape index (κ2) is 6.14. The summed E-state index contributed by atoms with van der Waals surface area (Å²) in [6.07, 6.45) is 0.886. The Labute approximate surface area is 133 Å².